The van der Waals surface area contributed by atoms with Gasteiger partial charge in [-0.15, -0.1) is 0 Å². The second-order valence-electron chi connectivity index (χ2n) is 8.95. The fourth-order valence-corrected chi connectivity index (χ4v) is 4.88. The van der Waals surface area contributed by atoms with Crippen LogP contribution in [-0.2, 0) is 11.3 Å². The van der Waals surface area contributed by atoms with Crippen LogP contribution >= 0.6 is 0 Å². The van der Waals surface area contributed by atoms with Crippen molar-refractivity contribution in [1.29, 1.82) is 0 Å². The number of oxazole rings is 1. The third-order valence-corrected chi connectivity index (χ3v) is 6.65. The van der Waals surface area contributed by atoms with Gasteiger partial charge < -0.3 is 24.3 Å². The average molecular weight is 463 g/mol. The first kappa shape index (κ1) is 22.3. The quantitative estimate of drug-likeness (QED) is 0.618. The normalized spacial score (nSPS) is 17.9. The molecule has 2 fully saturated rings. The lowest BCUT2D eigenvalue weighted by molar-refractivity contribution is -0.143. The molecule has 9 heteroatoms. The summed E-state index contributed by atoms with van der Waals surface area (Å²) in [5.41, 5.74) is 2.05. The zero-order chi connectivity index (χ0) is 23.7. The van der Waals surface area contributed by atoms with Gasteiger partial charge >= 0.3 is 0 Å². The van der Waals surface area contributed by atoms with E-state index in [9.17, 15) is 4.79 Å². The summed E-state index contributed by atoms with van der Waals surface area (Å²) in [6, 6.07) is 11.7. The van der Waals surface area contributed by atoms with E-state index in [1.807, 2.05) is 55.1 Å². The molecule has 0 unspecified atom stereocenters. The molecule has 9 nitrogen and oxygen atoms in total. The second kappa shape index (κ2) is 9.06. The SMILES string of the molecule is COc1cc(C)nc(N2CCC3(CC2)NCCN(Cc2nc(C)oc2-c2ccccc2)C3=O)n1. The molecule has 2 saturated heterocycles. The number of benzene rings is 1. The van der Waals surface area contributed by atoms with Crippen molar-refractivity contribution < 1.29 is 13.9 Å². The number of amides is 1. The Morgan fingerprint density at radius 2 is 1.85 bits per heavy atom. The number of rotatable bonds is 5. The molecule has 3 aromatic rings. The summed E-state index contributed by atoms with van der Waals surface area (Å²) in [5.74, 6) is 2.67. The number of nitrogens with one attached hydrogen (secondary N) is 1. The summed E-state index contributed by atoms with van der Waals surface area (Å²) in [5, 5.41) is 3.53. The first-order valence-electron chi connectivity index (χ1n) is 11.7. The van der Waals surface area contributed by atoms with Gasteiger partial charge in [0.25, 0.3) is 0 Å². The molecule has 178 valence electrons. The van der Waals surface area contributed by atoms with Crippen LogP contribution in [0.15, 0.2) is 40.8 Å². The predicted molar refractivity (Wildman–Crippen MR) is 128 cm³/mol. The number of aromatic nitrogens is 3. The van der Waals surface area contributed by atoms with E-state index in [1.54, 1.807) is 7.11 Å². The number of ether oxygens (including phenoxy) is 1. The number of piperidine rings is 1. The maximum Gasteiger partial charge on any atom is 0.243 e. The van der Waals surface area contributed by atoms with Crippen LogP contribution in [0.5, 0.6) is 5.88 Å². The molecular formula is C25H30N6O3. The number of hydrogen-bond donors (Lipinski definition) is 1. The number of aryl methyl sites for hydroxylation is 2. The molecule has 0 aliphatic carbocycles. The topological polar surface area (TPSA) is 96.6 Å². The van der Waals surface area contributed by atoms with E-state index < -0.39 is 5.54 Å². The van der Waals surface area contributed by atoms with Crippen molar-refractivity contribution >= 4 is 11.9 Å². The number of anilines is 1. The van der Waals surface area contributed by atoms with Gasteiger partial charge in [0, 0.05) is 50.4 Å². The van der Waals surface area contributed by atoms with E-state index in [1.165, 1.54) is 0 Å². The van der Waals surface area contributed by atoms with Gasteiger partial charge in [0.2, 0.25) is 17.7 Å². The third kappa shape index (κ3) is 4.23. The molecule has 1 N–H and O–H groups in total. The highest BCUT2D eigenvalue weighted by molar-refractivity contribution is 5.87. The Kier molecular flexibility index (Phi) is 5.95. The maximum atomic E-state index is 13.7. The summed E-state index contributed by atoms with van der Waals surface area (Å²) >= 11 is 0. The van der Waals surface area contributed by atoms with Gasteiger partial charge in [0.1, 0.15) is 11.2 Å². The van der Waals surface area contributed by atoms with Crippen LogP contribution in [0.2, 0.25) is 0 Å². The monoisotopic (exact) mass is 462 g/mol. The van der Waals surface area contributed by atoms with E-state index in [2.05, 4.69) is 25.2 Å². The lowest BCUT2D eigenvalue weighted by Crippen LogP contribution is -2.67. The molecule has 1 aromatic carbocycles. The molecule has 1 amide bonds. The molecule has 2 aliphatic heterocycles. The first-order chi connectivity index (χ1) is 16.5. The zero-order valence-corrected chi connectivity index (χ0v) is 19.9. The van der Waals surface area contributed by atoms with Crippen molar-refractivity contribution in [3.05, 3.63) is 53.7 Å². The van der Waals surface area contributed by atoms with Crippen LogP contribution in [0.1, 0.15) is 30.1 Å². The van der Waals surface area contributed by atoms with Gasteiger partial charge in [-0.1, -0.05) is 30.3 Å². The van der Waals surface area contributed by atoms with Gasteiger partial charge in [0.05, 0.1) is 13.7 Å². The second-order valence-corrected chi connectivity index (χ2v) is 8.95. The van der Waals surface area contributed by atoms with Crippen LogP contribution in [0.25, 0.3) is 11.3 Å². The van der Waals surface area contributed by atoms with Crippen molar-refractivity contribution in [2.75, 3.05) is 38.2 Å². The number of hydrogen-bond acceptors (Lipinski definition) is 8. The Bertz CT molecular complexity index is 1170. The fraction of sp³-hybridized carbons (Fsp3) is 0.440. The lowest BCUT2D eigenvalue weighted by Gasteiger charge is -2.46. The number of piperazine rings is 1. The number of methoxy groups -OCH3 is 1. The first-order valence-corrected chi connectivity index (χ1v) is 11.7. The zero-order valence-electron chi connectivity index (χ0n) is 19.9. The van der Waals surface area contributed by atoms with E-state index in [-0.39, 0.29) is 5.91 Å². The van der Waals surface area contributed by atoms with Crippen LogP contribution < -0.4 is 15.0 Å². The van der Waals surface area contributed by atoms with Crippen LogP contribution in [0.3, 0.4) is 0 Å². The smallest absolute Gasteiger partial charge is 0.243 e. The van der Waals surface area contributed by atoms with E-state index in [4.69, 9.17) is 9.15 Å². The highest BCUT2D eigenvalue weighted by atomic mass is 16.5. The Balaban J connectivity index is 1.31. The van der Waals surface area contributed by atoms with E-state index in [0.29, 0.717) is 56.7 Å². The summed E-state index contributed by atoms with van der Waals surface area (Å²) < 4.78 is 11.2. The molecule has 0 atom stereocenters. The molecule has 4 heterocycles. The number of nitrogens with zero attached hydrogens (tertiary/aromatic N) is 5. The minimum atomic E-state index is -0.575. The Morgan fingerprint density at radius 3 is 2.59 bits per heavy atom. The standard InChI is InChI=1S/C25H30N6O3/c1-17-15-21(33-3)29-24(27-17)30-12-9-25(10-13-30)23(32)31(14-11-26-25)16-20-22(34-18(2)28-20)19-7-5-4-6-8-19/h4-8,15,26H,9-14,16H2,1-3H3. The van der Waals surface area contributed by atoms with Gasteiger partial charge in [-0.3, -0.25) is 4.79 Å². The molecule has 1 spiro atoms. The highest BCUT2D eigenvalue weighted by Gasteiger charge is 2.46. The highest BCUT2D eigenvalue weighted by Crippen LogP contribution is 2.31. The molecule has 34 heavy (non-hydrogen) atoms. The van der Waals surface area contributed by atoms with Crippen LogP contribution in [-0.4, -0.2) is 64.6 Å². The van der Waals surface area contributed by atoms with Crippen molar-refractivity contribution in [2.45, 2.75) is 38.8 Å². The van der Waals surface area contributed by atoms with Crippen LogP contribution in [0.4, 0.5) is 5.95 Å². The van der Waals surface area contributed by atoms with Gasteiger partial charge in [-0.05, 0) is 19.8 Å². The summed E-state index contributed by atoms with van der Waals surface area (Å²) in [6.45, 7) is 6.98. The molecule has 2 aromatic heterocycles. The van der Waals surface area contributed by atoms with Crippen molar-refractivity contribution in [1.82, 2.24) is 25.2 Å². The fourth-order valence-electron chi connectivity index (χ4n) is 4.88. The van der Waals surface area contributed by atoms with E-state index in [0.717, 1.165) is 29.3 Å². The Labute approximate surface area is 199 Å². The lowest BCUT2D eigenvalue weighted by atomic mass is 9.84. The minimum absolute atomic E-state index is 0.126. The Hall–Kier alpha value is -3.46. The molecule has 0 saturated carbocycles. The summed E-state index contributed by atoms with van der Waals surface area (Å²) in [7, 11) is 1.61. The summed E-state index contributed by atoms with van der Waals surface area (Å²) in [6.07, 6.45) is 1.37. The molecular weight excluding hydrogens is 432 g/mol. The predicted octanol–water partition coefficient (Wildman–Crippen LogP) is 2.73. The van der Waals surface area contributed by atoms with Gasteiger partial charge in [-0.2, -0.15) is 4.98 Å². The Morgan fingerprint density at radius 1 is 1.09 bits per heavy atom. The maximum absolute atomic E-state index is 13.7. The minimum Gasteiger partial charge on any atom is -0.481 e. The van der Waals surface area contributed by atoms with Crippen LogP contribution in [0, 0.1) is 13.8 Å². The molecule has 0 radical (unpaired) electrons. The van der Waals surface area contributed by atoms with E-state index >= 15 is 0 Å². The average Bonchev–Trinajstić information content (AvgIpc) is 3.22. The third-order valence-electron chi connectivity index (χ3n) is 6.65. The largest absolute Gasteiger partial charge is 0.481 e. The molecule has 0 bridgehead atoms. The number of carbonyl (C=O) groups excluding carboxylic acids is 1. The summed E-state index contributed by atoms with van der Waals surface area (Å²) in [4.78, 5) is 31.4. The molecule has 5 rings (SSSR count). The van der Waals surface area contributed by atoms with Crippen molar-refractivity contribution in [3.8, 4) is 17.2 Å². The van der Waals surface area contributed by atoms with Crippen molar-refractivity contribution in [3.63, 3.8) is 0 Å². The van der Waals surface area contributed by atoms with Crippen molar-refractivity contribution in [2.24, 2.45) is 0 Å². The number of carbonyl (C=O) groups is 1. The van der Waals surface area contributed by atoms with Gasteiger partial charge in [-0.25, -0.2) is 9.97 Å². The van der Waals surface area contributed by atoms with Gasteiger partial charge in [0.15, 0.2) is 11.7 Å². The molecule has 2 aliphatic rings.